The van der Waals surface area contributed by atoms with Gasteiger partial charge >= 0.3 is 0 Å². The van der Waals surface area contributed by atoms with Crippen LogP contribution in [0.25, 0.3) is 0 Å². The van der Waals surface area contributed by atoms with E-state index in [0.717, 1.165) is 38.2 Å². The fourth-order valence-corrected chi connectivity index (χ4v) is 3.98. The summed E-state index contributed by atoms with van der Waals surface area (Å²) < 4.78 is 30.3. The van der Waals surface area contributed by atoms with Crippen LogP contribution in [0.2, 0.25) is 0 Å². The Balaban J connectivity index is 1.80. The number of para-hydroxylation sites is 1. The molecule has 1 aliphatic heterocycles. The molecule has 0 N–H and O–H groups in total. The van der Waals surface area contributed by atoms with E-state index < -0.39 is 10.0 Å². The minimum absolute atomic E-state index is 0.229. The fraction of sp³-hybridized carbons (Fsp3) is 0.647. The number of piperidine rings is 1. The third-order valence-electron chi connectivity index (χ3n) is 4.60. The summed E-state index contributed by atoms with van der Waals surface area (Å²) in [6.45, 7) is 2.89. The van der Waals surface area contributed by atoms with Crippen molar-refractivity contribution in [1.29, 1.82) is 0 Å². The Kier molecular flexibility index (Phi) is 6.44. The molecule has 0 atom stereocenters. The van der Waals surface area contributed by atoms with Crippen LogP contribution in [-0.4, -0.2) is 64.2 Å². The van der Waals surface area contributed by atoms with Gasteiger partial charge in [0.15, 0.2) is 0 Å². The quantitative estimate of drug-likeness (QED) is 0.763. The summed E-state index contributed by atoms with van der Waals surface area (Å²) in [6.07, 6.45) is 2.89. The van der Waals surface area contributed by atoms with Crippen LogP contribution in [0.4, 0.5) is 0 Å². The molecule has 1 heterocycles. The van der Waals surface area contributed by atoms with Gasteiger partial charge in [-0.1, -0.05) is 18.2 Å². The summed E-state index contributed by atoms with van der Waals surface area (Å²) in [6, 6.07) is 8.25. The topological polar surface area (TPSA) is 49.9 Å². The van der Waals surface area contributed by atoms with Crippen molar-refractivity contribution in [2.24, 2.45) is 0 Å². The molecule has 5 nitrogen and oxygen atoms in total. The predicted molar refractivity (Wildman–Crippen MR) is 93.5 cm³/mol. The van der Waals surface area contributed by atoms with Gasteiger partial charge in [0.25, 0.3) is 0 Å². The number of methoxy groups -OCH3 is 1. The fourth-order valence-electron chi connectivity index (χ4n) is 3.12. The molecule has 1 aliphatic rings. The van der Waals surface area contributed by atoms with Crippen molar-refractivity contribution < 1.29 is 13.2 Å². The minimum Gasteiger partial charge on any atom is -0.496 e. The maximum absolute atomic E-state index is 11.8. The van der Waals surface area contributed by atoms with Crippen LogP contribution >= 0.6 is 0 Å². The third kappa shape index (κ3) is 4.93. The third-order valence-corrected chi connectivity index (χ3v) is 6.52. The largest absolute Gasteiger partial charge is 0.496 e. The van der Waals surface area contributed by atoms with Gasteiger partial charge in [-0.2, -0.15) is 0 Å². The second-order valence-electron chi connectivity index (χ2n) is 6.31. The van der Waals surface area contributed by atoms with E-state index in [1.165, 1.54) is 9.87 Å². The predicted octanol–water partition coefficient (Wildman–Crippen LogP) is 2.16. The molecule has 130 valence electrons. The van der Waals surface area contributed by atoms with Crippen LogP contribution in [0.15, 0.2) is 24.3 Å². The number of nitrogens with zero attached hydrogens (tertiary/aromatic N) is 2. The first-order valence-electron chi connectivity index (χ1n) is 8.19. The van der Waals surface area contributed by atoms with Crippen LogP contribution in [0, 0.1) is 0 Å². The highest BCUT2D eigenvalue weighted by molar-refractivity contribution is 7.89. The zero-order chi connectivity index (χ0) is 16.9. The van der Waals surface area contributed by atoms with Crippen LogP contribution in [0.1, 0.15) is 30.7 Å². The van der Waals surface area contributed by atoms with Crippen molar-refractivity contribution >= 4 is 10.0 Å². The first-order chi connectivity index (χ1) is 10.9. The van der Waals surface area contributed by atoms with Crippen molar-refractivity contribution in [2.75, 3.05) is 46.6 Å². The average Bonchev–Trinajstić information content (AvgIpc) is 2.55. The van der Waals surface area contributed by atoms with Crippen LogP contribution in [0.3, 0.4) is 0 Å². The number of rotatable bonds is 7. The summed E-state index contributed by atoms with van der Waals surface area (Å²) in [4.78, 5) is 2.37. The number of likely N-dealkylation sites (tertiary alicyclic amines) is 1. The molecule has 0 amide bonds. The van der Waals surface area contributed by atoms with Gasteiger partial charge in [0.1, 0.15) is 5.75 Å². The highest BCUT2D eigenvalue weighted by Crippen LogP contribution is 2.33. The van der Waals surface area contributed by atoms with Crippen LogP contribution in [-0.2, 0) is 10.0 Å². The first-order valence-corrected chi connectivity index (χ1v) is 9.80. The van der Waals surface area contributed by atoms with Crippen molar-refractivity contribution in [1.82, 2.24) is 9.21 Å². The highest BCUT2D eigenvalue weighted by Gasteiger charge is 2.23. The lowest BCUT2D eigenvalue weighted by atomic mass is 9.89. The lowest BCUT2D eigenvalue weighted by Crippen LogP contribution is -2.35. The van der Waals surface area contributed by atoms with E-state index in [1.54, 1.807) is 21.2 Å². The van der Waals surface area contributed by atoms with Gasteiger partial charge in [0.2, 0.25) is 10.0 Å². The molecule has 23 heavy (non-hydrogen) atoms. The highest BCUT2D eigenvalue weighted by atomic mass is 32.2. The normalized spacial score (nSPS) is 17.6. The summed E-state index contributed by atoms with van der Waals surface area (Å²) in [5, 5.41) is 0. The zero-order valence-electron chi connectivity index (χ0n) is 14.4. The molecule has 0 bridgehead atoms. The Labute approximate surface area is 140 Å². The summed E-state index contributed by atoms with van der Waals surface area (Å²) >= 11 is 0. The van der Waals surface area contributed by atoms with Gasteiger partial charge in [0.05, 0.1) is 12.9 Å². The Morgan fingerprint density at radius 2 is 1.87 bits per heavy atom. The standard InChI is InChI=1S/C17H28N2O3S/c1-18(2)23(20,21)14-6-11-19-12-9-15(10-13-19)16-7-4-5-8-17(16)22-3/h4-5,7-8,15H,6,9-14H2,1-3H3. The SMILES string of the molecule is COc1ccccc1C1CCN(CCCS(=O)(=O)N(C)C)CC1. The molecule has 1 saturated heterocycles. The zero-order valence-corrected chi connectivity index (χ0v) is 15.2. The van der Waals surface area contributed by atoms with E-state index >= 15 is 0 Å². The number of hydrogen-bond acceptors (Lipinski definition) is 4. The van der Waals surface area contributed by atoms with E-state index in [1.807, 2.05) is 12.1 Å². The molecular weight excluding hydrogens is 312 g/mol. The summed E-state index contributed by atoms with van der Waals surface area (Å²) in [7, 11) is 1.83. The maximum Gasteiger partial charge on any atom is 0.213 e. The van der Waals surface area contributed by atoms with E-state index in [-0.39, 0.29) is 5.75 Å². The Bertz CT molecular complexity index is 594. The van der Waals surface area contributed by atoms with Crippen LogP contribution in [0.5, 0.6) is 5.75 Å². The first kappa shape index (κ1) is 18.2. The van der Waals surface area contributed by atoms with E-state index in [2.05, 4.69) is 17.0 Å². The molecule has 0 radical (unpaired) electrons. The molecule has 0 aliphatic carbocycles. The maximum atomic E-state index is 11.8. The van der Waals surface area contributed by atoms with Gasteiger partial charge in [0, 0.05) is 14.1 Å². The smallest absolute Gasteiger partial charge is 0.213 e. The Morgan fingerprint density at radius 3 is 2.48 bits per heavy atom. The summed E-state index contributed by atoms with van der Waals surface area (Å²) in [5.74, 6) is 1.74. The van der Waals surface area contributed by atoms with Gasteiger partial charge in [-0.15, -0.1) is 0 Å². The molecule has 0 unspecified atom stereocenters. The Morgan fingerprint density at radius 1 is 1.22 bits per heavy atom. The van der Waals surface area contributed by atoms with Crippen molar-refractivity contribution in [3.05, 3.63) is 29.8 Å². The van der Waals surface area contributed by atoms with Crippen LogP contribution < -0.4 is 4.74 Å². The van der Waals surface area contributed by atoms with Crippen molar-refractivity contribution in [3.8, 4) is 5.75 Å². The number of sulfonamides is 1. The van der Waals surface area contributed by atoms with E-state index in [4.69, 9.17) is 4.74 Å². The van der Waals surface area contributed by atoms with Gasteiger partial charge in [-0.05, 0) is 56.4 Å². The van der Waals surface area contributed by atoms with Gasteiger partial charge in [-0.25, -0.2) is 12.7 Å². The number of ether oxygens (including phenoxy) is 1. The van der Waals surface area contributed by atoms with Crippen molar-refractivity contribution in [3.63, 3.8) is 0 Å². The van der Waals surface area contributed by atoms with Gasteiger partial charge < -0.3 is 9.64 Å². The Hall–Kier alpha value is -1.11. The molecular formula is C17H28N2O3S. The average molecular weight is 340 g/mol. The molecule has 0 saturated carbocycles. The van der Waals surface area contributed by atoms with Gasteiger partial charge in [-0.3, -0.25) is 0 Å². The second kappa shape index (κ2) is 8.13. The molecule has 6 heteroatoms. The molecule has 0 spiro atoms. The minimum atomic E-state index is -3.07. The second-order valence-corrected chi connectivity index (χ2v) is 8.61. The summed E-state index contributed by atoms with van der Waals surface area (Å²) in [5.41, 5.74) is 1.30. The number of benzene rings is 1. The molecule has 0 aromatic heterocycles. The number of hydrogen-bond donors (Lipinski definition) is 0. The van der Waals surface area contributed by atoms with Crippen molar-refractivity contribution in [2.45, 2.75) is 25.2 Å². The van der Waals surface area contributed by atoms with E-state index in [9.17, 15) is 8.42 Å². The monoisotopic (exact) mass is 340 g/mol. The molecule has 1 fully saturated rings. The molecule has 2 rings (SSSR count). The molecule has 1 aromatic rings. The molecule has 1 aromatic carbocycles. The lowest BCUT2D eigenvalue weighted by molar-refractivity contribution is 0.211. The lowest BCUT2D eigenvalue weighted by Gasteiger charge is -2.32. The van der Waals surface area contributed by atoms with E-state index in [0.29, 0.717) is 12.3 Å².